The number of nitrogens with one attached hydrogen (secondary N) is 2. The van der Waals surface area contributed by atoms with Gasteiger partial charge in [-0.15, -0.1) is 0 Å². The molecule has 1 unspecified atom stereocenters. The standard InChI is InChI=1S/C20H11N4OP/c25-26-18-12-3-1-10(21-12)9-11-2-4-13(22-11)19(26)15-6-8-17(24-15)20(26)16-7-5-14(18)23-16/h1-9,21-22H. The SMILES string of the molecule is O=P12C3=C4C=CC(=N4)C1=c1ccc([nH]1)=Cc1ccc([nH]1)C2=C1C=CC3=N1. The van der Waals surface area contributed by atoms with Gasteiger partial charge in [0.15, 0.2) is 7.14 Å². The van der Waals surface area contributed by atoms with Crippen molar-refractivity contribution in [1.82, 2.24) is 9.97 Å². The van der Waals surface area contributed by atoms with Gasteiger partial charge in [-0.25, -0.2) is 9.98 Å². The molecule has 0 aromatic carbocycles. The molecule has 6 heteroatoms. The Morgan fingerprint density at radius 2 is 1.54 bits per heavy atom. The fourth-order valence-electron chi connectivity index (χ4n) is 4.42. The summed E-state index contributed by atoms with van der Waals surface area (Å²) in [5, 5.41) is 4.16. The van der Waals surface area contributed by atoms with Crippen LogP contribution in [0.15, 0.2) is 75.3 Å². The van der Waals surface area contributed by atoms with Gasteiger partial charge >= 0.3 is 0 Å². The highest BCUT2D eigenvalue weighted by Gasteiger charge is 2.50. The maximum Gasteiger partial charge on any atom is 0.183 e. The first kappa shape index (κ1) is 13.1. The maximum absolute atomic E-state index is 14.9. The van der Waals surface area contributed by atoms with Gasteiger partial charge in [-0.05, 0) is 54.6 Å². The molecular weight excluding hydrogens is 343 g/mol. The first-order chi connectivity index (χ1) is 12.7. The molecule has 0 saturated carbocycles. The number of nitrogens with zero attached hydrogens (tertiary/aromatic N) is 2. The monoisotopic (exact) mass is 354 g/mol. The highest BCUT2D eigenvalue weighted by atomic mass is 31.2. The van der Waals surface area contributed by atoms with Gasteiger partial charge in [0.05, 0.1) is 49.8 Å². The van der Waals surface area contributed by atoms with Gasteiger partial charge in [-0.1, -0.05) is 0 Å². The number of hydrogen-bond acceptors (Lipinski definition) is 3. The number of aromatic nitrogens is 2. The van der Waals surface area contributed by atoms with Crippen LogP contribution in [-0.4, -0.2) is 21.4 Å². The molecule has 0 saturated heterocycles. The second-order valence-electron chi connectivity index (χ2n) is 6.89. The molecule has 5 nitrogen and oxygen atoms in total. The highest BCUT2D eigenvalue weighted by molar-refractivity contribution is 7.89. The summed E-state index contributed by atoms with van der Waals surface area (Å²) in [5.74, 6) is 0. The molecule has 0 spiro atoms. The van der Waals surface area contributed by atoms with E-state index in [1.54, 1.807) is 0 Å². The van der Waals surface area contributed by atoms with Crippen molar-refractivity contribution < 1.29 is 4.57 Å². The van der Waals surface area contributed by atoms with Crippen molar-refractivity contribution in [1.29, 1.82) is 0 Å². The minimum atomic E-state index is -3.09. The average Bonchev–Trinajstić information content (AvgIpc) is 3.38. The van der Waals surface area contributed by atoms with E-state index in [-0.39, 0.29) is 0 Å². The van der Waals surface area contributed by atoms with Crippen molar-refractivity contribution in [3.63, 3.8) is 0 Å². The summed E-state index contributed by atoms with van der Waals surface area (Å²) < 4.78 is 14.9. The van der Waals surface area contributed by atoms with Crippen LogP contribution in [0.1, 0.15) is 11.4 Å². The van der Waals surface area contributed by atoms with Crippen LogP contribution in [0, 0.1) is 0 Å². The van der Waals surface area contributed by atoms with Crippen LogP contribution < -0.4 is 10.7 Å². The average molecular weight is 354 g/mol. The quantitative estimate of drug-likeness (QED) is 0.701. The largest absolute Gasteiger partial charge is 0.355 e. The number of aromatic amines is 2. The number of hydrogen-bond donors (Lipinski definition) is 2. The Morgan fingerprint density at radius 1 is 0.769 bits per heavy atom. The fourth-order valence-corrected chi connectivity index (χ4v) is 7.81. The lowest BCUT2D eigenvalue weighted by atomic mass is 10.3. The first-order valence-corrected chi connectivity index (χ1v) is 10.2. The Labute approximate surface area is 147 Å². The predicted molar refractivity (Wildman–Crippen MR) is 103 cm³/mol. The zero-order valence-corrected chi connectivity index (χ0v) is 14.3. The van der Waals surface area contributed by atoms with Gasteiger partial charge in [0.2, 0.25) is 0 Å². The molecule has 2 N–H and O–H groups in total. The maximum atomic E-state index is 14.9. The predicted octanol–water partition coefficient (Wildman–Crippen LogP) is 2.59. The van der Waals surface area contributed by atoms with E-state index in [9.17, 15) is 4.57 Å². The Morgan fingerprint density at radius 3 is 2.38 bits per heavy atom. The molecule has 8 bridgehead atoms. The van der Waals surface area contributed by atoms with Crippen molar-refractivity contribution in [3.05, 3.63) is 87.4 Å². The van der Waals surface area contributed by atoms with Gasteiger partial charge in [0, 0.05) is 11.0 Å². The van der Waals surface area contributed by atoms with Crippen molar-refractivity contribution >= 4 is 35.3 Å². The molecule has 7 heterocycles. The van der Waals surface area contributed by atoms with Crippen LogP contribution in [0.3, 0.4) is 0 Å². The second-order valence-corrected chi connectivity index (χ2v) is 9.45. The second kappa shape index (κ2) is 3.97. The van der Waals surface area contributed by atoms with Gasteiger partial charge in [-0.2, -0.15) is 0 Å². The third kappa shape index (κ3) is 1.32. The Kier molecular flexibility index (Phi) is 2.00. The summed E-state index contributed by atoms with van der Waals surface area (Å²) in [6, 6.07) is 8.03. The summed E-state index contributed by atoms with van der Waals surface area (Å²) in [4.78, 5) is 16.3. The summed E-state index contributed by atoms with van der Waals surface area (Å²) in [5.41, 5.74) is 4.95. The first-order valence-electron chi connectivity index (χ1n) is 8.47. The van der Waals surface area contributed by atoms with Crippen molar-refractivity contribution in [2.75, 3.05) is 0 Å². The lowest BCUT2D eigenvalue weighted by Gasteiger charge is -2.30. The van der Waals surface area contributed by atoms with Gasteiger partial charge in [0.25, 0.3) is 0 Å². The van der Waals surface area contributed by atoms with Crippen LogP contribution in [0.25, 0.3) is 16.7 Å². The van der Waals surface area contributed by atoms with E-state index in [4.69, 9.17) is 9.98 Å². The van der Waals surface area contributed by atoms with Gasteiger partial charge < -0.3 is 14.5 Å². The molecule has 2 aromatic heterocycles. The molecule has 0 radical (unpaired) electrons. The number of aliphatic imine (C=N–C) groups is 2. The van der Waals surface area contributed by atoms with E-state index < -0.39 is 7.14 Å². The Bertz CT molecular complexity index is 1450. The van der Waals surface area contributed by atoms with Crippen molar-refractivity contribution in [2.45, 2.75) is 0 Å². The minimum absolute atomic E-state index is 0.759. The highest BCUT2D eigenvalue weighted by Crippen LogP contribution is 2.77. The molecule has 0 fully saturated rings. The fraction of sp³-hybridized carbons (Fsp3) is 0. The van der Waals surface area contributed by atoms with Crippen LogP contribution >= 0.6 is 7.14 Å². The molecule has 5 aliphatic heterocycles. The lowest BCUT2D eigenvalue weighted by Crippen LogP contribution is -2.22. The van der Waals surface area contributed by atoms with Gasteiger partial charge in [0.1, 0.15) is 0 Å². The molecule has 2 aromatic rings. The lowest BCUT2D eigenvalue weighted by molar-refractivity contribution is 0.591. The molecule has 0 amide bonds. The zero-order valence-electron chi connectivity index (χ0n) is 13.4. The van der Waals surface area contributed by atoms with Crippen LogP contribution in [0.2, 0.25) is 0 Å². The van der Waals surface area contributed by atoms with E-state index in [0.29, 0.717) is 0 Å². The van der Waals surface area contributed by atoms with E-state index in [2.05, 4.69) is 9.97 Å². The van der Waals surface area contributed by atoms with Crippen molar-refractivity contribution in [3.8, 4) is 0 Å². The van der Waals surface area contributed by atoms with Crippen LogP contribution in [0.4, 0.5) is 0 Å². The zero-order chi connectivity index (χ0) is 17.0. The smallest absolute Gasteiger partial charge is 0.183 e. The molecule has 0 aliphatic carbocycles. The number of allylic oxidation sites excluding steroid dienone is 5. The summed E-state index contributed by atoms with van der Waals surface area (Å²) >= 11 is 0. The summed E-state index contributed by atoms with van der Waals surface area (Å²) in [7, 11) is -3.09. The normalized spacial score (nSPS) is 26.1. The molecule has 122 valence electrons. The summed E-state index contributed by atoms with van der Waals surface area (Å²) in [6.45, 7) is 0. The Balaban J connectivity index is 1.80. The Hall–Kier alpha value is -3.17. The molecular formula is C20H11N4OP. The van der Waals surface area contributed by atoms with Crippen LogP contribution in [-0.2, 0) is 4.57 Å². The van der Waals surface area contributed by atoms with Gasteiger partial charge in [-0.3, -0.25) is 0 Å². The van der Waals surface area contributed by atoms with Crippen molar-refractivity contribution in [2.24, 2.45) is 9.98 Å². The molecule has 5 aliphatic rings. The number of rotatable bonds is 0. The molecule has 26 heavy (non-hydrogen) atoms. The topological polar surface area (TPSA) is 73.4 Å². The third-order valence-electron chi connectivity index (χ3n) is 5.43. The van der Waals surface area contributed by atoms with E-state index >= 15 is 0 Å². The summed E-state index contributed by atoms with van der Waals surface area (Å²) in [6.07, 6.45) is 9.89. The van der Waals surface area contributed by atoms with E-state index in [0.717, 1.165) is 60.8 Å². The minimum Gasteiger partial charge on any atom is -0.355 e. The van der Waals surface area contributed by atoms with Crippen LogP contribution in [0.5, 0.6) is 0 Å². The number of fused-ring (bicyclic) bond motifs is 9. The van der Waals surface area contributed by atoms with E-state index in [1.165, 1.54) is 0 Å². The number of H-pyrrole nitrogens is 2. The van der Waals surface area contributed by atoms with E-state index in [1.807, 2.05) is 54.6 Å². The third-order valence-corrected chi connectivity index (χ3v) is 8.72. The molecule has 7 rings (SSSR count). The molecule has 1 atom stereocenters.